The predicted octanol–water partition coefficient (Wildman–Crippen LogP) is 5.06. The zero-order valence-corrected chi connectivity index (χ0v) is 16.5. The Morgan fingerprint density at radius 2 is 1.73 bits per heavy atom. The third-order valence-corrected chi connectivity index (χ3v) is 5.94. The van der Waals surface area contributed by atoms with E-state index < -0.39 is 0 Å². The molecule has 0 saturated carbocycles. The van der Waals surface area contributed by atoms with Crippen molar-refractivity contribution >= 4 is 11.6 Å². The Labute approximate surface area is 157 Å². The second-order valence-electron chi connectivity index (χ2n) is 8.78. The van der Waals surface area contributed by atoms with Crippen LogP contribution in [0.2, 0.25) is 0 Å². The fourth-order valence-corrected chi connectivity index (χ4v) is 4.20. The summed E-state index contributed by atoms with van der Waals surface area (Å²) in [5.41, 5.74) is 6.73. The van der Waals surface area contributed by atoms with E-state index >= 15 is 0 Å². The minimum absolute atomic E-state index is 0.0384. The van der Waals surface area contributed by atoms with Gasteiger partial charge in [-0.1, -0.05) is 76.2 Å². The smallest absolute Gasteiger partial charge is 0.0681 e. The summed E-state index contributed by atoms with van der Waals surface area (Å²) in [6.45, 7) is 11.0. The molecule has 0 heterocycles. The molecule has 26 heavy (non-hydrogen) atoms. The molecule has 3 rings (SSSR count). The molecule has 0 amide bonds. The van der Waals surface area contributed by atoms with Crippen LogP contribution in [0.15, 0.2) is 42.5 Å². The van der Waals surface area contributed by atoms with Gasteiger partial charge < -0.3 is 10.2 Å². The fourth-order valence-electron chi connectivity index (χ4n) is 4.20. The van der Waals surface area contributed by atoms with Crippen molar-refractivity contribution in [3.05, 3.63) is 70.3 Å². The molecule has 0 radical (unpaired) electrons. The fraction of sp³-hybridized carbons (Fsp3) is 0.417. The van der Waals surface area contributed by atoms with Gasteiger partial charge in [-0.05, 0) is 52.1 Å². The summed E-state index contributed by atoms with van der Waals surface area (Å²) in [7, 11) is 0. The zero-order chi connectivity index (χ0) is 19.1. The van der Waals surface area contributed by atoms with Crippen LogP contribution in [0.5, 0.6) is 0 Å². The van der Waals surface area contributed by atoms with Crippen molar-refractivity contribution in [2.45, 2.75) is 64.6 Å². The number of aliphatic hydroxyl groups excluding tert-OH is 2. The highest BCUT2D eigenvalue weighted by Gasteiger charge is 2.44. The molecule has 0 fully saturated rings. The van der Waals surface area contributed by atoms with E-state index in [1.165, 1.54) is 22.3 Å². The first-order chi connectivity index (χ1) is 12.2. The number of fused-ring (bicyclic) bond motifs is 1. The maximum Gasteiger partial charge on any atom is 0.0681 e. The molecular weight excluding hydrogens is 320 g/mol. The summed E-state index contributed by atoms with van der Waals surface area (Å²) in [5, 5.41) is 20.0. The first-order valence-corrected chi connectivity index (χ1v) is 9.37. The molecule has 0 saturated heterocycles. The van der Waals surface area contributed by atoms with Crippen molar-refractivity contribution in [1.29, 1.82) is 0 Å². The lowest BCUT2D eigenvalue weighted by molar-refractivity contribution is 0.0581. The van der Waals surface area contributed by atoms with Gasteiger partial charge in [-0.25, -0.2) is 0 Å². The largest absolute Gasteiger partial charge is 0.392 e. The molecular formula is C24H30O2. The number of allylic oxidation sites excluding steroid dienone is 1. The van der Waals surface area contributed by atoms with Crippen molar-refractivity contribution in [3.63, 3.8) is 0 Å². The van der Waals surface area contributed by atoms with Crippen molar-refractivity contribution < 1.29 is 10.2 Å². The van der Waals surface area contributed by atoms with Crippen LogP contribution in [-0.4, -0.2) is 16.3 Å². The average Bonchev–Trinajstić information content (AvgIpc) is 2.60. The van der Waals surface area contributed by atoms with E-state index in [4.69, 9.17) is 0 Å². The Morgan fingerprint density at radius 3 is 2.35 bits per heavy atom. The topological polar surface area (TPSA) is 40.5 Å². The molecule has 0 aliphatic heterocycles. The van der Waals surface area contributed by atoms with Crippen LogP contribution in [0.1, 0.15) is 68.9 Å². The Bertz CT molecular complexity index is 826. The highest BCUT2D eigenvalue weighted by Crippen LogP contribution is 2.48. The molecule has 1 atom stereocenters. The number of hydrogen-bond donors (Lipinski definition) is 2. The van der Waals surface area contributed by atoms with Gasteiger partial charge in [-0.2, -0.15) is 0 Å². The number of benzene rings is 2. The van der Waals surface area contributed by atoms with Crippen LogP contribution >= 0.6 is 0 Å². The van der Waals surface area contributed by atoms with E-state index in [1.54, 1.807) is 0 Å². The van der Waals surface area contributed by atoms with Crippen LogP contribution in [0.4, 0.5) is 0 Å². The molecule has 2 heteroatoms. The van der Waals surface area contributed by atoms with Gasteiger partial charge in [-0.15, -0.1) is 0 Å². The summed E-state index contributed by atoms with van der Waals surface area (Å²) >= 11 is 0. The summed E-state index contributed by atoms with van der Waals surface area (Å²) in [5.74, 6) is 0. The Hall–Kier alpha value is -1.90. The van der Waals surface area contributed by atoms with Crippen molar-refractivity contribution in [3.8, 4) is 0 Å². The van der Waals surface area contributed by atoms with E-state index in [2.05, 4.69) is 58.9 Å². The molecule has 2 aromatic rings. The van der Waals surface area contributed by atoms with Gasteiger partial charge in [0, 0.05) is 5.41 Å². The van der Waals surface area contributed by atoms with E-state index in [0.717, 1.165) is 17.5 Å². The predicted molar refractivity (Wildman–Crippen MR) is 109 cm³/mol. The molecule has 138 valence electrons. The summed E-state index contributed by atoms with van der Waals surface area (Å²) in [4.78, 5) is 0. The van der Waals surface area contributed by atoms with Crippen molar-refractivity contribution in [1.82, 2.24) is 0 Å². The third kappa shape index (κ3) is 3.24. The van der Waals surface area contributed by atoms with E-state index in [9.17, 15) is 10.2 Å². The zero-order valence-electron chi connectivity index (χ0n) is 16.5. The molecule has 2 nitrogen and oxygen atoms in total. The number of rotatable bonds is 3. The van der Waals surface area contributed by atoms with Gasteiger partial charge in [0.15, 0.2) is 0 Å². The summed E-state index contributed by atoms with van der Waals surface area (Å²) in [6.07, 6.45) is 2.60. The Morgan fingerprint density at radius 1 is 1.08 bits per heavy atom. The quantitative estimate of drug-likeness (QED) is 0.760. The third-order valence-electron chi connectivity index (χ3n) is 5.94. The van der Waals surface area contributed by atoms with Crippen molar-refractivity contribution in [2.75, 3.05) is 0 Å². The highest BCUT2D eigenvalue weighted by atomic mass is 16.3. The molecule has 0 spiro atoms. The van der Waals surface area contributed by atoms with E-state index in [-0.39, 0.29) is 23.5 Å². The average molecular weight is 351 g/mol. The van der Waals surface area contributed by atoms with Gasteiger partial charge in [0.25, 0.3) is 0 Å². The SMILES string of the molecule is C/C(=C\c1ccc(CO)cc1)c1cccc2c1C(C)(C)C(O)CC2(C)C. The van der Waals surface area contributed by atoms with Crippen LogP contribution in [-0.2, 0) is 17.4 Å². The lowest BCUT2D eigenvalue weighted by Gasteiger charge is -2.46. The maximum absolute atomic E-state index is 10.8. The normalized spacial score (nSPS) is 21.3. The van der Waals surface area contributed by atoms with Crippen LogP contribution in [0, 0.1) is 0 Å². The minimum Gasteiger partial charge on any atom is -0.392 e. The number of aliphatic hydroxyl groups is 2. The van der Waals surface area contributed by atoms with Gasteiger partial charge in [0.1, 0.15) is 0 Å². The highest BCUT2D eigenvalue weighted by molar-refractivity contribution is 5.83. The molecule has 1 aliphatic rings. The van der Waals surface area contributed by atoms with Crippen LogP contribution in [0.3, 0.4) is 0 Å². The van der Waals surface area contributed by atoms with Crippen LogP contribution < -0.4 is 0 Å². The van der Waals surface area contributed by atoms with Crippen molar-refractivity contribution in [2.24, 2.45) is 0 Å². The Balaban J connectivity index is 2.13. The molecule has 1 aliphatic carbocycles. The first kappa shape index (κ1) is 18.9. The summed E-state index contributed by atoms with van der Waals surface area (Å²) < 4.78 is 0. The lowest BCUT2D eigenvalue weighted by Crippen LogP contribution is -2.45. The molecule has 2 aromatic carbocycles. The molecule has 1 unspecified atom stereocenters. The molecule has 0 bridgehead atoms. The monoisotopic (exact) mass is 350 g/mol. The van der Waals surface area contributed by atoms with Crippen LogP contribution in [0.25, 0.3) is 11.6 Å². The number of hydrogen-bond acceptors (Lipinski definition) is 2. The summed E-state index contributed by atoms with van der Waals surface area (Å²) in [6, 6.07) is 14.5. The first-order valence-electron chi connectivity index (χ1n) is 9.37. The van der Waals surface area contributed by atoms with E-state index in [0.29, 0.717) is 0 Å². The molecule has 2 N–H and O–H groups in total. The maximum atomic E-state index is 10.8. The van der Waals surface area contributed by atoms with Gasteiger partial charge in [0.05, 0.1) is 12.7 Å². The van der Waals surface area contributed by atoms with Gasteiger partial charge >= 0.3 is 0 Å². The van der Waals surface area contributed by atoms with Gasteiger partial charge in [0.2, 0.25) is 0 Å². The molecule has 0 aromatic heterocycles. The van der Waals surface area contributed by atoms with Gasteiger partial charge in [-0.3, -0.25) is 0 Å². The second kappa shape index (κ2) is 6.68. The lowest BCUT2D eigenvalue weighted by atomic mass is 9.60. The minimum atomic E-state index is -0.359. The Kier molecular flexibility index (Phi) is 4.85. The second-order valence-corrected chi connectivity index (χ2v) is 8.78. The van der Waals surface area contributed by atoms with E-state index in [1.807, 2.05) is 24.3 Å². The standard InChI is InChI=1S/C24H30O2/c1-16(13-17-9-11-18(15-25)12-10-17)19-7-6-8-20-22(19)24(4,5)21(26)14-23(20,2)3/h6-13,21,25-26H,14-15H2,1-5H3/b16-13+.